The van der Waals surface area contributed by atoms with Gasteiger partial charge in [0.1, 0.15) is 9.75 Å². The molecule has 0 aromatic heterocycles. The van der Waals surface area contributed by atoms with Gasteiger partial charge in [0, 0.05) is 35.6 Å². The van der Waals surface area contributed by atoms with Gasteiger partial charge < -0.3 is 0 Å². The number of rotatable bonds is 2. The zero-order valence-corrected chi connectivity index (χ0v) is 12.4. The van der Waals surface area contributed by atoms with E-state index in [0.717, 1.165) is 10.1 Å². The van der Waals surface area contributed by atoms with E-state index in [9.17, 15) is 0 Å². The van der Waals surface area contributed by atoms with Crippen molar-refractivity contribution in [2.45, 2.75) is 24.0 Å². The van der Waals surface area contributed by atoms with Gasteiger partial charge in [-0.05, 0) is 25.0 Å². The normalized spacial score (nSPS) is 25.2. The van der Waals surface area contributed by atoms with Crippen LogP contribution in [0.15, 0.2) is 28.7 Å². The maximum atomic E-state index is 5.91. The quantitative estimate of drug-likeness (QED) is 0.759. The first-order chi connectivity index (χ1) is 8.83. The van der Waals surface area contributed by atoms with Crippen molar-refractivity contribution in [1.29, 1.82) is 0 Å². The maximum absolute atomic E-state index is 5.91. The fourth-order valence-corrected chi connectivity index (χ4v) is 4.68. The molecule has 2 heterocycles. The molecule has 1 fully saturated rings. The average Bonchev–Trinajstić information content (AvgIpc) is 2.90. The van der Waals surface area contributed by atoms with Crippen molar-refractivity contribution >= 4 is 40.4 Å². The van der Waals surface area contributed by atoms with Crippen LogP contribution in [-0.2, 0) is 0 Å². The highest BCUT2D eigenvalue weighted by molar-refractivity contribution is 8.28. The van der Waals surface area contributed by atoms with Gasteiger partial charge in [-0.1, -0.05) is 41.9 Å². The molecule has 3 rings (SSSR count). The monoisotopic (exact) mass is 298 g/mol. The van der Waals surface area contributed by atoms with Gasteiger partial charge in [-0.2, -0.15) is 0 Å². The summed E-state index contributed by atoms with van der Waals surface area (Å²) in [6.07, 6.45) is 4.03. The number of thioether (sulfide) groups is 1. The summed E-state index contributed by atoms with van der Waals surface area (Å²) in [5, 5.41) is 1.91. The number of piperidine rings is 1. The molecule has 1 aromatic rings. The van der Waals surface area contributed by atoms with E-state index in [4.69, 9.17) is 11.6 Å². The van der Waals surface area contributed by atoms with Crippen LogP contribution >= 0.6 is 35.3 Å². The lowest BCUT2D eigenvalue weighted by Crippen LogP contribution is -2.34. The molecule has 0 aliphatic carbocycles. The van der Waals surface area contributed by atoms with Crippen LogP contribution in [0.3, 0.4) is 0 Å². The van der Waals surface area contributed by atoms with Gasteiger partial charge in [-0.15, -0.1) is 0 Å². The van der Waals surface area contributed by atoms with Crippen molar-refractivity contribution in [3.8, 4) is 0 Å². The molecule has 96 valence electrons. The van der Waals surface area contributed by atoms with Crippen molar-refractivity contribution in [1.82, 2.24) is 4.90 Å². The third-order valence-corrected chi connectivity index (χ3v) is 5.95. The molecular formula is C13H15ClN2S2. The molecule has 0 radical (unpaired) electrons. The summed E-state index contributed by atoms with van der Waals surface area (Å²) in [7, 11) is 0. The standard InChI is InChI=1S/C13H15ClN2S2/c14-11-6-4-10(5-7-11)12-15-18-13(17-12)16-8-2-1-3-9-16/h4-7,13H,1-3,8-9H2. The predicted octanol–water partition coefficient (Wildman–Crippen LogP) is 4.25. The van der Waals surface area contributed by atoms with Gasteiger partial charge >= 0.3 is 0 Å². The summed E-state index contributed by atoms with van der Waals surface area (Å²) >= 11 is 9.48. The lowest BCUT2D eigenvalue weighted by atomic mass is 10.1. The molecule has 1 saturated heterocycles. The van der Waals surface area contributed by atoms with Gasteiger partial charge in [0.2, 0.25) is 0 Å². The fourth-order valence-electron chi connectivity index (χ4n) is 2.22. The van der Waals surface area contributed by atoms with Crippen molar-refractivity contribution < 1.29 is 0 Å². The van der Waals surface area contributed by atoms with E-state index in [1.165, 1.54) is 37.9 Å². The summed E-state index contributed by atoms with van der Waals surface area (Å²) in [5.74, 6) is 0. The molecular weight excluding hydrogens is 284 g/mol. The van der Waals surface area contributed by atoms with Crippen LogP contribution in [0.2, 0.25) is 5.02 Å². The Morgan fingerprint density at radius 2 is 1.83 bits per heavy atom. The van der Waals surface area contributed by atoms with Crippen LogP contribution < -0.4 is 0 Å². The maximum Gasteiger partial charge on any atom is 0.131 e. The Labute approximate surface area is 121 Å². The Kier molecular flexibility index (Phi) is 4.19. The lowest BCUT2D eigenvalue weighted by Gasteiger charge is -2.29. The number of likely N-dealkylation sites (tertiary alicyclic amines) is 1. The topological polar surface area (TPSA) is 15.6 Å². The minimum atomic E-state index is 0.468. The van der Waals surface area contributed by atoms with Crippen molar-refractivity contribution in [2.75, 3.05) is 13.1 Å². The second-order valence-electron chi connectivity index (χ2n) is 4.53. The third kappa shape index (κ3) is 2.87. The highest BCUT2D eigenvalue weighted by Gasteiger charge is 2.28. The van der Waals surface area contributed by atoms with E-state index in [1.54, 1.807) is 11.9 Å². The summed E-state index contributed by atoms with van der Waals surface area (Å²) < 4.78 is 5.07. The summed E-state index contributed by atoms with van der Waals surface area (Å²) in [4.78, 5) is 2.55. The van der Waals surface area contributed by atoms with Crippen LogP contribution in [0.25, 0.3) is 0 Å². The van der Waals surface area contributed by atoms with Gasteiger partial charge in [0.15, 0.2) is 0 Å². The van der Waals surface area contributed by atoms with Crippen LogP contribution in [-0.4, -0.2) is 27.7 Å². The van der Waals surface area contributed by atoms with E-state index in [1.807, 2.05) is 36.0 Å². The molecule has 0 saturated carbocycles. The smallest absolute Gasteiger partial charge is 0.131 e. The van der Waals surface area contributed by atoms with Crippen LogP contribution in [0.4, 0.5) is 0 Å². The molecule has 1 atom stereocenters. The zero-order valence-electron chi connectivity index (χ0n) is 10.0. The second-order valence-corrected chi connectivity index (χ2v) is 7.17. The molecule has 2 aliphatic heterocycles. The SMILES string of the molecule is Clc1ccc(C2=NSC(N3CCCCC3)S2)cc1. The van der Waals surface area contributed by atoms with Crippen molar-refractivity contribution in [3.05, 3.63) is 34.9 Å². The number of hydrogen-bond acceptors (Lipinski definition) is 4. The van der Waals surface area contributed by atoms with Crippen molar-refractivity contribution in [3.63, 3.8) is 0 Å². The Hall–Kier alpha value is -0.160. The van der Waals surface area contributed by atoms with E-state index in [2.05, 4.69) is 9.30 Å². The van der Waals surface area contributed by atoms with E-state index < -0.39 is 0 Å². The third-order valence-electron chi connectivity index (χ3n) is 3.22. The summed E-state index contributed by atoms with van der Waals surface area (Å²) in [6.45, 7) is 2.43. The Bertz CT molecular complexity index is 441. The number of halogens is 1. The summed E-state index contributed by atoms with van der Waals surface area (Å²) in [6, 6.07) is 7.96. The first-order valence-corrected chi connectivity index (χ1v) is 8.33. The second kappa shape index (κ2) is 5.87. The Morgan fingerprint density at radius 1 is 1.11 bits per heavy atom. The lowest BCUT2D eigenvalue weighted by molar-refractivity contribution is 0.253. The van der Waals surface area contributed by atoms with E-state index in [0.29, 0.717) is 4.71 Å². The van der Waals surface area contributed by atoms with Gasteiger partial charge in [0.05, 0.1) is 0 Å². The minimum absolute atomic E-state index is 0.468. The zero-order chi connectivity index (χ0) is 12.4. The van der Waals surface area contributed by atoms with Crippen molar-refractivity contribution in [2.24, 2.45) is 4.40 Å². The van der Waals surface area contributed by atoms with Crippen LogP contribution in [0.1, 0.15) is 24.8 Å². The summed E-state index contributed by atoms with van der Waals surface area (Å²) in [5.41, 5.74) is 1.18. The number of nitrogens with zero attached hydrogens (tertiary/aromatic N) is 2. The molecule has 0 bridgehead atoms. The molecule has 1 aromatic carbocycles. The predicted molar refractivity (Wildman–Crippen MR) is 82.4 cm³/mol. The van der Waals surface area contributed by atoms with E-state index >= 15 is 0 Å². The van der Waals surface area contributed by atoms with Gasteiger partial charge in [0.25, 0.3) is 0 Å². The number of hydrogen-bond donors (Lipinski definition) is 0. The Balaban J connectivity index is 1.65. The molecule has 2 nitrogen and oxygen atoms in total. The van der Waals surface area contributed by atoms with Gasteiger partial charge in [-0.3, -0.25) is 4.90 Å². The van der Waals surface area contributed by atoms with Crippen LogP contribution in [0, 0.1) is 0 Å². The first-order valence-electron chi connectivity index (χ1n) is 6.23. The highest BCUT2D eigenvalue weighted by atomic mass is 35.5. The van der Waals surface area contributed by atoms with Gasteiger partial charge in [-0.25, -0.2) is 4.40 Å². The van der Waals surface area contributed by atoms with Crippen LogP contribution in [0.5, 0.6) is 0 Å². The first kappa shape index (κ1) is 12.9. The number of benzene rings is 1. The molecule has 18 heavy (non-hydrogen) atoms. The highest BCUT2D eigenvalue weighted by Crippen LogP contribution is 2.39. The molecule has 1 unspecified atom stereocenters. The Morgan fingerprint density at radius 3 is 2.56 bits per heavy atom. The van der Waals surface area contributed by atoms with E-state index in [-0.39, 0.29) is 0 Å². The molecule has 0 spiro atoms. The minimum Gasteiger partial charge on any atom is -0.281 e. The largest absolute Gasteiger partial charge is 0.281 e. The molecule has 0 N–H and O–H groups in total. The average molecular weight is 299 g/mol. The molecule has 0 amide bonds. The fraction of sp³-hybridized carbons (Fsp3) is 0.462. The molecule has 5 heteroatoms. The molecule has 2 aliphatic rings.